The molecule has 1 aliphatic carbocycles. The maximum atomic E-state index is 3.46. The molecule has 0 nitrogen and oxygen atoms in total. The molecule has 0 amide bonds. The molecule has 1 aliphatic heterocycles. The van der Waals surface area contributed by atoms with Crippen LogP contribution in [-0.2, 0) is 0 Å². The normalized spacial score (nSPS) is 24.9. The Hall–Kier alpha value is 0.363. The number of hydrogen-bond donors (Lipinski definition) is 0. The zero-order chi connectivity index (χ0) is 6.10. The van der Waals surface area contributed by atoms with Crippen molar-refractivity contribution in [2.45, 2.75) is 25.7 Å². The van der Waals surface area contributed by atoms with Crippen molar-refractivity contribution >= 4 is 23.2 Å². The molecule has 0 aromatic heterocycles. The van der Waals surface area contributed by atoms with Crippen LogP contribution >= 0.6 is 0 Å². The molecule has 0 spiro atoms. The van der Waals surface area contributed by atoms with Gasteiger partial charge in [0.05, 0.1) is 0 Å². The summed E-state index contributed by atoms with van der Waals surface area (Å²) in [6.07, 6.45) is 7.97. The van der Waals surface area contributed by atoms with Gasteiger partial charge < -0.3 is 0 Å². The minimum absolute atomic E-state index is 0.420. The molecule has 0 bridgehead atoms. The molecule has 0 saturated carbocycles. The zero-order valence-electron chi connectivity index (χ0n) is 5.41. The molecule has 1 heterocycles. The van der Waals surface area contributed by atoms with Crippen molar-refractivity contribution in [2.24, 2.45) is 0 Å². The summed E-state index contributed by atoms with van der Waals surface area (Å²) in [5, 5.41) is 0. The average molecular weight is 315 g/mol. The van der Waals surface area contributed by atoms with Crippen LogP contribution in [0.4, 0.5) is 0 Å². The van der Waals surface area contributed by atoms with Gasteiger partial charge in [-0.1, -0.05) is 0 Å². The van der Waals surface area contributed by atoms with Gasteiger partial charge in [0, 0.05) is 0 Å². The van der Waals surface area contributed by atoms with Gasteiger partial charge in [-0.3, -0.25) is 0 Å². The van der Waals surface area contributed by atoms with E-state index >= 15 is 0 Å². The molecule has 0 unspecified atom stereocenters. The second-order valence-electron chi connectivity index (χ2n) is 2.62. The van der Waals surface area contributed by atoms with Crippen LogP contribution in [0.3, 0.4) is 0 Å². The molecule has 2 rings (SSSR count). The molecule has 0 N–H and O–H groups in total. The van der Waals surface area contributed by atoms with Gasteiger partial charge in [-0.25, -0.2) is 0 Å². The molecule has 0 aromatic rings. The predicted molar refractivity (Wildman–Crippen MR) is 40.5 cm³/mol. The fourth-order valence-corrected chi connectivity index (χ4v) is 5.64. The molecule has 0 saturated heterocycles. The molecule has 1 radical (unpaired) electrons. The molecular formula is C8H10Bi. The van der Waals surface area contributed by atoms with Crippen molar-refractivity contribution in [3.8, 4) is 0 Å². The van der Waals surface area contributed by atoms with Crippen molar-refractivity contribution in [1.29, 1.82) is 0 Å². The summed E-state index contributed by atoms with van der Waals surface area (Å²) >= 11 is -0.420. The van der Waals surface area contributed by atoms with Gasteiger partial charge in [0.15, 0.2) is 0 Å². The Morgan fingerprint density at radius 3 is 3.11 bits per heavy atom. The molecule has 0 aromatic carbocycles. The first kappa shape index (κ1) is 6.10. The number of rotatable bonds is 0. The third-order valence-corrected chi connectivity index (χ3v) is 6.50. The van der Waals surface area contributed by atoms with E-state index in [2.05, 4.69) is 9.86 Å². The summed E-state index contributed by atoms with van der Waals surface area (Å²) in [6, 6.07) is 0. The van der Waals surface area contributed by atoms with Crippen molar-refractivity contribution in [1.82, 2.24) is 0 Å². The van der Waals surface area contributed by atoms with Crippen LogP contribution < -0.4 is 0 Å². The van der Waals surface area contributed by atoms with Gasteiger partial charge in [0.1, 0.15) is 0 Å². The zero-order valence-corrected chi connectivity index (χ0v) is 9.29. The van der Waals surface area contributed by atoms with Crippen LogP contribution in [-0.4, -0.2) is 23.2 Å². The topological polar surface area (TPSA) is 0 Å². The first-order valence-electron chi connectivity index (χ1n) is 3.53. The third kappa shape index (κ3) is 1.12. The molecule has 0 fully saturated rings. The van der Waals surface area contributed by atoms with Gasteiger partial charge in [-0.2, -0.15) is 0 Å². The summed E-state index contributed by atoms with van der Waals surface area (Å²) < 4.78 is 5.32. The van der Waals surface area contributed by atoms with Gasteiger partial charge in [-0.15, -0.1) is 0 Å². The Bertz CT molecular complexity index is 177. The van der Waals surface area contributed by atoms with Crippen molar-refractivity contribution in [3.63, 3.8) is 0 Å². The first-order valence-corrected chi connectivity index (χ1v) is 7.42. The Morgan fingerprint density at radius 2 is 2.22 bits per heavy atom. The molecule has 0 atom stereocenters. The molecule has 47 valence electrons. The van der Waals surface area contributed by atoms with Gasteiger partial charge >= 0.3 is 67.6 Å². The average Bonchev–Trinajstić information content (AvgIpc) is 2.33. The van der Waals surface area contributed by atoms with Crippen LogP contribution in [0.15, 0.2) is 14.9 Å². The quantitative estimate of drug-likeness (QED) is 0.596. The van der Waals surface area contributed by atoms with E-state index in [-0.39, 0.29) is 0 Å². The monoisotopic (exact) mass is 315 g/mol. The Morgan fingerprint density at radius 1 is 1.33 bits per heavy atom. The van der Waals surface area contributed by atoms with E-state index in [1.54, 1.807) is 5.57 Å². The number of allylic oxidation sites excluding steroid dienone is 3. The molecule has 9 heavy (non-hydrogen) atoms. The van der Waals surface area contributed by atoms with E-state index in [4.69, 9.17) is 0 Å². The predicted octanol–water partition coefficient (Wildman–Crippen LogP) is 1.58. The summed E-state index contributed by atoms with van der Waals surface area (Å²) in [6.45, 7) is 0. The molecule has 1 heteroatoms. The molecule has 2 aliphatic rings. The van der Waals surface area contributed by atoms with Crippen LogP contribution in [0.25, 0.3) is 0 Å². The van der Waals surface area contributed by atoms with Gasteiger partial charge in [0.2, 0.25) is 0 Å². The standard InChI is InChI=1S/C8H9.Bi.H/c1-2-8-6-4-3-5-7-8;;/h2H,3-6H2;;. The van der Waals surface area contributed by atoms with E-state index in [1.165, 1.54) is 25.7 Å². The SMILES string of the molecule is [C]1=CC2=[C](CCCC2)[BiH]1. The minimum atomic E-state index is -0.420. The van der Waals surface area contributed by atoms with Crippen molar-refractivity contribution < 1.29 is 0 Å². The van der Waals surface area contributed by atoms with Crippen molar-refractivity contribution in [3.05, 3.63) is 18.7 Å². The van der Waals surface area contributed by atoms with E-state index in [0.29, 0.717) is 0 Å². The maximum absolute atomic E-state index is 3.46. The second-order valence-corrected chi connectivity index (χ2v) is 7.06. The summed E-state index contributed by atoms with van der Waals surface area (Å²) in [7, 11) is 0. The van der Waals surface area contributed by atoms with Crippen LogP contribution in [0.5, 0.6) is 0 Å². The van der Waals surface area contributed by atoms with Crippen LogP contribution in [0.2, 0.25) is 0 Å². The van der Waals surface area contributed by atoms with E-state index in [9.17, 15) is 0 Å². The first-order chi connectivity index (χ1) is 4.47. The summed E-state index contributed by atoms with van der Waals surface area (Å²) in [5.74, 6) is 0. The van der Waals surface area contributed by atoms with Gasteiger partial charge in [0.25, 0.3) is 0 Å². The van der Waals surface area contributed by atoms with E-state index < -0.39 is 23.2 Å². The van der Waals surface area contributed by atoms with Crippen molar-refractivity contribution in [2.75, 3.05) is 0 Å². The van der Waals surface area contributed by atoms with E-state index in [1.807, 2.05) is 3.28 Å². The Balaban J connectivity index is 2.24. The molecular weight excluding hydrogens is 305 g/mol. The van der Waals surface area contributed by atoms with E-state index in [0.717, 1.165) is 0 Å². The van der Waals surface area contributed by atoms with Gasteiger partial charge in [-0.05, 0) is 0 Å². The Kier molecular flexibility index (Phi) is 1.72. The fraction of sp³-hybridized carbons (Fsp3) is 0.500. The summed E-state index contributed by atoms with van der Waals surface area (Å²) in [4.78, 5) is 0. The third-order valence-electron chi connectivity index (χ3n) is 1.98. The Labute approximate surface area is 67.6 Å². The second kappa shape index (κ2) is 2.54. The summed E-state index contributed by atoms with van der Waals surface area (Å²) in [5.41, 5.74) is 1.68. The fourth-order valence-electron chi connectivity index (χ4n) is 1.44. The number of hydrogen-bond acceptors (Lipinski definition) is 0. The van der Waals surface area contributed by atoms with Crippen LogP contribution in [0.1, 0.15) is 25.7 Å². The van der Waals surface area contributed by atoms with Crippen LogP contribution in [0, 0.1) is 3.78 Å².